The van der Waals surface area contributed by atoms with Gasteiger partial charge in [-0.2, -0.15) is 0 Å². The molecule has 0 aliphatic rings. The number of carbonyl (C=O) groups is 3. The number of hydrogen-bond donors (Lipinski definition) is 0. The third-order valence-electron chi connectivity index (χ3n) is 14.9. The van der Waals surface area contributed by atoms with Crippen molar-refractivity contribution in [2.75, 3.05) is 13.2 Å². The summed E-state index contributed by atoms with van der Waals surface area (Å²) in [4.78, 5) is 38.3. The lowest BCUT2D eigenvalue weighted by Crippen LogP contribution is -2.30. The van der Waals surface area contributed by atoms with Crippen LogP contribution in [0.4, 0.5) is 0 Å². The third kappa shape index (κ3) is 65.3. The maximum Gasteiger partial charge on any atom is 0.306 e. The summed E-state index contributed by atoms with van der Waals surface area (Å²) in [6.45, 7) is 6.51. The van der Waals surface area contributed by atoms with Crippen molar-refractivity contribution in [2.24, 2.45) is 0 Å². The van der Waals surface area contributed by atoms with Gasteiger partial charge in [-0.3, -0.25) is 14.4 Å². The van der Waals surface area contributed by atoms with Gasteiger partial charge in [0.25, 0.3) is 0 Å². The monoisotopic (exact) mass is 1100 g/mol. The highest BCUT2D eigenvalue weighted by molar-refractivity contribution is 5.71. The van der Waals surface area contributed by atoms with Crippen LogP contribution in [-0.2, 0) is 28.6 Å². The molecule has 79 heavy (non-hydrogen) atoms. The van der Waals surface area contributed by atoms with Gasteiger partial charge in [-0.1, -0.05) is 311 Å². The van der Waals surface area contributed by atoms with Gasteiger partial charge in [0.2, 0.25) is 0 Å². The zero-order valence-electron chi connectivity index (χ0n) is 52.4. The quantitative estimate of drug-likeness (QED) is 0.0261. The zero-order chi connectivity index (χ0) is 57.1. The molecule has 0 rings (SSSR count). The summed E-state index contributed by atoms with van der Waals surface area (Å²) in [5.74, 6) is -0.916. The number of hydrogen-bond acceptors (Lipinski definition) is 6. The van der Waals surface area contributed by atoms with Gasteiger partial charge in [-0.15, -0.1) is 0 Å². The van der Waals surface area contributed by atoms with E-state index in [-0.39, 0.29) is 37.5 Å². The van der Waals surface area contributed by atoms with Crippen molar-refractivity contribution >= 4 is 17.9 Å². The van der Waals surface area contributed by atoms with Crippen LogP contribution in [0.1, 0.15) is 342 Å². The molecule has 0 aliphatic heterocycles. The number of allylic oxidation sites excluding steroid dienone is 14. The molecule has 0 N–H and O–H groups in total. The van der Waals surface area contributed by atoms with E-state index in [0.29, 0.717) is 19.3 Å². The lowest BCUT2D eigenvalue weighted by atomic mass is 10.0. The topological polar surface area (TPSA) is 78.9 Å². The van der Waals surface area contributed by atoms with Crippen molar-refractivity contribution in [3.05, 3.63) is 85.1 Å². The highest BCUT2D eigenvalue weighted by atomic mass is 16.6. The van der Waals surface area contributed by atoms with Crippen LogP contribution in [-0.4, -0.2) is 37.2 Å². The molecule has 6 heteroatoms. The lowest BCUT2D eigenvalue weighted by Gasteiger charge is -2.18. The predicted molar refractivity (Wildman–Crippen MR) is 344 cm³/mol. The van der Waals surface area contributed by atoms with E-state index in [0.717, 1.165) is 89.9 Å². The fourth-order valence-corrected chi connectivity index (χ4v) is 9.80. The Balaban J connectivity index is 4.16. The zero-order valence-corrected chi connectivity index (χ0v) is 52.4. The highest BCUT2D eigenvalue weighted by Gasteiger charge is 2.19. The Morgan fingerprint density at radius 2 is 0.494 bits per heavy atom. The van der Waals surface area contributed by atoms with Crippen molar-refractivity contribution in [2.45, 2.75) is 348 Å². The summed E-state index contributed by atoms with van der Waals surface area (Å²) >= 11 is 0. The van der Waals surface area contributed by atoms with Gasteiger partial charge >= 0.3 is 17.9 Å². The molecule has 0 aromatic heterocycles. The van der Waals surface area contributed by atoms with Crippen molar-refractivity contribution in [1.82, 2.24) is 0 Å². The molecule has 1 unspecified atom stereocenters. The molecule has 0 aromatic carbocycles. The second-order valence-corrected chi connectivity index (χ2v) is 22.7. The maximum atomic E-state index is 12.9. The number of carbonyl (C=O) groups excluding carboxylic acids is 3. The molecular weight excluding hydrogens is 973 g/mol. The summed E-state index contributed by atoms with van der Waals surface area (Å²) in [7, 11) is 0. The van der Waals surface area contributed by atoms with Crippen LogP contribution < -0.4 is 0 Å². The fraction of sp³-hybridized carbons (Fsp3) is 0.767. The van der Waals surface area contributed by atoms with Crippen molar-refractivity contribution in [1.29, 1.82) is 0 Å². The van der Waals surface area contributed by atoms with Crippen LogP contribution in [0.2, 0.25) is 0 Å². The number of ether oxygens (including phenoxy) is 3. The average molecular weight is 1100 g/mol. The average Bonchev–Trinajstić information content (AvgIpc) is 3.45. The molecule has 0 aliphatic carbocycles. The molecule has 0 fully saturated rings. The molecule has 0 saturated carbocycles. The minimum atomic E-state index is -0.796. The van der Waals surface area contributed by atoms with Crippen molar-refractivity contribution < 1.29 is 28.6 Å². The number of esters is 3. The normalized spacial score (nSPS) is 12.6. The highest BCUT2D eigenvalue weighted by Crippen LogP contribution is 2.17. The molecule has 456 valence electrons. The van der Waals surface area contributed by atoms with E-state index in [1.165, 1.54) is 205 Å². The van der Waals surface area contributed by atoms with Crippen LogP contribution in [0.5, 0.6) is 0 Å². The Hall–Kier alpha value is -3.41. The van der Waals surface area contributed by atoms with E-state index in [9.17, 15) is 14.4 Å². The molecule has 0 saturated heterocycles. The van der Waals surface area contributed by atoms with Gasteiger partial charge in [-0.25, -0.2) is 0 Å². The van der Waals surface area contributed by atoms with Crippen LogP contribution in [0, 0.1) is 0 Å². The Labute approximate surface area is 490 Å². The van der Waals surface area contributed by atoms with Gasteiger partial charge in [-0.05, 0) is 96.3 Å². The van der Waals surface area contributed by atoms with E-state index in [1.807, 2.05) is 0 Å². The molecule has 0 bridgehead atoms. The van der Waals surface area contributed by atoms with Crippen LogP contribution in [0.25, 0.3) is 0 Å². The van der Waals surface area contributed by atoms with Gasteiger partial charge in [0, 0.05) is 19.3 Å². The summed E-state index contributed by atoms with van der Waals surface area (Å²) in [5, 5.41) is 0. The minimum absolute atomic E-state index is 0.0889. The molecule has 0 heterocycles. The number of unbranched alkanes of at least 4 members (excludes halogenated alkanes) is 37. The minimum Gasteiger partial charge on any atom is -0.462 e. The van der Waals surface area contributed by atoms with E-state index in [1.54, 1.807) is 0 Å². The standard InChI is InChI=1S/C73H128O6/c1-4-7-10-13-16-19-22-25-27-28-29-30-31-32-33-34-35-36-37-38-39-40-41-42-43-44-46-48-51-54-57-60-63-66-72(75)78-69-70(68-77-71(74)65-62-59-56-53-50-47-24-21-18-15-12-9-6-3)79-73(76)67-64-61-58-55-52-49-45-26-23-20-17-14-11-8-5-2/h8,11,17,20,22,25-26,28-29,31-32,45,52,55,70H,4-7,9-10,12-16,18-19,21,23-24,27,30,33-44,46-51,53-54,56-69H2,1-3H3/b11-8-,20-17-,25-22-,29-28-,32-31-,45-26-,55-52-. The molecule has 0 aromatic rings. The molecule has 1 atom stereocenters. The Morgan fingerprint density at radius 1 is 0.266 bits per heavy atom. The lowest BCUT2D eigenvalue weighted by molar-refractivity contribution is -0.167. The SMILES string of the molecule is CC/C=C\C/C=C\C/C=C\C/C=C\CCCCC(=O)OC(COC(=O)CCCCCCCCCCCCCCC)COC(=O)CCCCCCCCCCCCCCCCCCCC/C=C\C/C=C\C/C=C\CCCCCCC. The maximum absolute atomic E-state index is 12.9. The van der Waals surface area contributed by atoms with Crippen LogP contribution in [0.15, 0.2) is 85.1 Å². The summed E-state index contributed by atoms with van der Waals surface area (Å²) < 4.78 is 16.9. The Bertz CT molecular complexity index is 1500. The smallest absolute Gasteiger partial charge is 0.306 e. The fourth-order valence-electron chi connectivity index (χ4n) is 9.80. The van der Waals surface area contributed by atoms with Gasteiger partial charge in [0.15, 0.2) is 6.10 Å². The first kappa shape index (κ1) is 75.6. The predicted octanol–water partition coefficient (Wildman–Crippen LogP) is 23.4. The second-order valence-electron chi connectivity index (χ2n) is 22.7. The Morgan fingerprint density at radius 3 is 0.797 bits per heavy atom. The van der Waals surface area contributed by atoms with E-state index in [2.05, 4.69) is 106 Å². The summed E-state index contributed by atoms with van der Waals surface area (Å²) in [6.07, 6.45) is 89.1. The van der Waals surface area contributed by atoms with Crippen LogP contribution >= 0.6 is 0 Å². The Kier molecular flexibility index (Phi) is 64.2. The molecule has 0 radical (unpaired) electrons. The first-order valence-corrected chi connectivity index (χ1v) is 34.1. The third-order valence-corrected chi connectivity index (χ3v) is 14.9. The second kappa shape index (κ2) is 67.1. The number of rotatable bonds is 62. The molecule has 0 amide bonds. The van der Waals surface area contributed by atoms with Crippen molar-refractivity contribution in [3.8, 4) is 0 Å². The summed E-state index contributed by atoms with van der Waals surface area (Å²) in [6, 6.07) is 0. The molecule has 0 spiro atoms. The van der Waals surface area contributed by atoms with Crippen molar-refractivity contribution in [3.63, 3.8) is 0 Å². The largest absolute Gasteiger partial charge is 0.462 e. The molecule has 6 nitrogen and oxygen atoms in total. The van der Waals surface area contributed by atoms with E-state index >= 15 is 0 Å². The van der Waals surface area contributed by atoms with Gasteiger partial charge in [0.1, 0.15) is 13.2 Å². The van der Waals surface area contributed by atoms with E-state index < -0.39 is 6.10 Å². The van der Waals surface area contributed by atoms with Crippen LogP contribution in [0.3, 0.4) is 0 Å². The summed E-state index contributed by atoms with van der Waals surface area (Å²) in [5.41, 5.74) is 0. The first-order chi connectivity index (χ1) is 39.0. The first-order valence-electron chi connectivity index (χ1n) is 34.1. The van der Waals surface area contributed by atoms with Gasteiger partial charge in [0.05, 0.1) is 0 Å². The van der Waals surface area contributed by atoms with Gasteiger partial charge < -0.3 is 14.2 Å². The molecular formula is C73H128O6. The van der Waals surface area contributed by atoms with E-state index in [4.69, 9.17) is 14.2 Å².